The summed E-state index contributed by atoms with van der Waals surface area (Å²) >= 11 is 6.39. The van der Waals surface area contributed by atoms with Crippen molar-refractivity contribution in [3.63, 3.8) is 0 Å². The molecule has 3 aromatic carbocycles. The van der Waals surface area contributed by atoms with Gasteiger partial charge < -0.3 is 20.8 Å². The highest BCUT2D eigenvalue weighted by Gasteiger charge is 2.25. The second-order valence-electron chi connectivity index (χ2n) is 8.71. The molecule has 0 atom stereocenters. The Balaban J connectivity index is 1.58. The summed E-state index contributed by atoms with van der Waals surface area (Å²) in [7, 11) is -2.76. The number of hydrogen-bond acceptors (Lipinski definition) is 8. The van der Waals surface area contributed by atoms with Crippen molar-refractivity contribution in [1.82, 2.24) is 19.9 Å². The molecule has 11 nitrogen and oxygen atoms in total. The molecule has 0 unspecified atom stereocenters. The summed E-state index contributed by atoms with van der Waals surface area (Å²) in [6.45, 7) is 0. The Bertz CT molecular complexity index is 1810. The van der Waals surface area contributed by atoms with Gasteiger partial charge in [-0.15, -0.1) is 0 Å². The van der Waals surface area contributed by atoms with E-state index >= 15 is 0 Å². The van der Waals surface area contributed by atoms with Crippen molar-refractivity contribution in [1.29, 1.82) is 0 Å². The molecular weight excluding hydrogens is 554 g/mol. The maximum atomic E-state index is 13.8. The fourth-order valence-corrected chi connectivity index (χ4v) is 5.65. The molecule has 0 aliphatic heterocycles. The number of H-pyrrole nitrogens is 1. The summed E-state index contributed by atoms with van der Waals surface area (Å²) in [4.78, 5) is 28.2. The summed E-state index contributed by atoms with van der Waals surface area (Å²) < 4.78 is 35.5. The van der Waals surface area contributed by atoms with Crippen molar-refractivity contribution < 1.29 is 17.9 Å². The number of imidazole rings is 1. The Morgan fingerprint density at radius 3 is 2.45 bits per heavy atom. The topological polar surface area (TPSA) is 165 Å². The number of halogens is 1. The predicted octanol–water partition coefficient (Wildman–Crippen LogP) is 4.44. The lowest BCUT2D eigenvalue weighted by Gasteiger charge is -2.17. The molecule has 0 fully saturated rings. The minimum absolute atomic E-state index is 0.0680. The predicted molar refractivity (Wildman–Crippen MR) is 153 cm³/mol. The summed E-state index contributed by atoms with van der Waals surface area (Å²) in [5.74, 6) is -0.158. The van der Waals surface area contributed by atoms with Crippen molar-refractivity contribution in [2.75, 3.05) is 17.1 Å². The second-order valence-corrected chi connectivity index (χ2v) is 10.8. The average molecular weight is 578 g/mol. The zero-order valence-electron chi connectivity index (χ0n) is 21.2. The van der Waals surface area contributed by atoms with Gasteiger partial charge in [-0.3, -0.25) is 9.52 Å². The first kappa shape index (κ1) is 26.9. The Morgan fingerprint density at radius 1 is 1.02 bits per heavy atom. The molecule has 0 saturated heterocycles. The number of aromatic amines is 1. The van der Waals surface area contributed by atoms with Crippen LogP contribution >= 0.6 is 11.6 Å². The number of sulfonamides is 1. The molecule has 5 N–H and O–H groups in total. The highest BCUT2D eigenvalue weighted by atomic mass is 35.5. The normalized spacial score (nSPS) is 11.3. The maximum absolute atomic E-state index is 13.8. The quantitative estimate of drug-likeness (QED) is 0.189. The van der Waals surface area contributed by atoms with Crippen LogP contribution in [-0.2, 0) is 22.9 Å². The molecule has 5 aromatic rings. The third-order valence-electron chi connectivity index (χ3n) is 6.12. The zero-order chi connectivity index (χ0) is 28.3. The lowest BCUT2D eigenvalue weighted by atomic mass is 10.0. The number of anilines is 3. The SMILES string of the molecule is COc1ccc(Cl)c(Nc2nc3ccccc3nc2NS(=O)(=O)c2cccc(C(N)=O)c2CCc2cnc[nH]2)c1. The van der Waals surface area contributed by atoms with Gasteiger partial charge in [-0.05, 0) is 54.8 Å². The van der Waals surface area contributed by atoms with Gasteiger partial charge in [0.25, 0.3) is 10.0 Å². The van der Waals surface area contributed by atoms with Crippen LogP contribution in [0, 0.1) is 0 Å². The van der Waals surface area contributed by atoms with Crippen molar-refractivity contribution in [3.8, 4) is 5.75 Å². The third kappa shape index (κ3) is 5.67. The van der Waals surface area contributed by atoms with E-state index in [0.29, 0.717) is 33.9 Å². The van der Waals surface area contributed by atoms with E-state index < -0.39 is 15.9 Å². The standard InChI is InChI=1S/C27H24ClN7O4S/c1-39-17-10-12-20(28)23(13-17)34-26-27(33-22-7-3-2-6-21(22)32-26)35-40(37,38)24-8-4-5-19(25(29)36)18(24)11-9-16-14-30-15-31-16/h2-8,10,12-15H,9,11H2,1H3,(H2,29,36)(H,30,31)(H,32,34)(H,33,35). The van der Waals surface area contributed by atoms with Crippen LogP contribution in [0.15, 0.2) is 78.1 Å². The van der Waals surface area contributed by atoms with E-state index in [0.717, 1.165) is 5.69 Å². The molecule has 40 heavy (non-hydrogen) atoms. The van der Waals surface area contributed by atoms with E-state index in [1.165, 1.54) is 31.6 Å². The number of fused-ring (bicyclic) bond motifs is 1. The van der Waals surface area contributed by atoms with Crippen molar-refractivity contribution >= 4 is 55.9 Å². The van der Waals surface area contributed by atoms with E-state index in [-0.39, 0.29) is 34.1 Å². The molecule has 0 aliphatic rings. The van der Waals surface area contributed by atoms with Crippen LogP contribution in [0.3, 0.4) is 0 Å². The van der Waals surface area contributed by atoms with Crippen LogP contribution in [0.4, 0.5) is 17.3 Å². The lowest BCUT2D eigenvalue weighted by Crippen LogP contribution is -2.21. The molecule has 5 rings (SSSR count). The molecule has 2 aromatic heterocycles. The molecule has 0 aliphatic carbocycles. The number of benzene rings is 3. The monoisotopic (exact) mass is 577 g/mol. The molecular formula is C27H24ClN7O4S. The minimum atomic E-state index is -4.28. The number of hydrogen-bond donors (Lipinski definition) is 4. The Hall–Kier alpha value is -4.68. The Labute approximate surface area is 234 Å². The van der Waals surface area contributed by atoms with Crippen LogP contribution in [0.2, 0.25) is 5.02 Å². The number of primary amides is 1. The summed E-state index contributed by atoms with van der Waals surface area (Å²) in [6, 6.07) is 16.4. The number of amides is 1. The lowest BCUT2D eigenvalue weighted by molar-refractivity contribution is 0.0999. The van der Waals surface area contributed by atoms with Crippen molar-refractivity contribution in [3.05, 3.63) is 95.0 Å². The van der Waals surface area contributed by atoms with Crippen LogP contribution in [-0.4, -0.2) is 41.4 Å². The molecule has 0 bridgehead atoms. The van der Waals surface area contributed by atoms with E-state index in [1.807, 2.05) is 0 Å². The van der Waals surface area contributed by atoms with Crippen LogP contribution in [0.25, 0.3) is 11.0 Å². The average Bonchev–Trinajstić information content (AvgIpc) is 3.46. The molecule has 0 saturated carbocycles. The fourth-order valence-electron chi connectivity index (χ4n) is 4.18. The third-order valence-corrected chi connectivity index (χ3v) is 7.87. The van der Waals surface area contributed by atoms with Gasteiger partial charge >= 0.3 is 0 Å². The number of carbonyl (C=O) groups excluding carboxylic acids is 1. The van der Waals surface area contributed by atoms with Crippen LogP contribution in [0.1, 0.15) is 21.6 Å². The van der Waals surface area contributed by atoms with Gasteiger partial charge in [0, 0.05) is 23.5 Å². The van der Waals surface area contributed by atoms with E-state index in [9.17, 15) is 13.2 Å². The van der Waals surface area contributed by atoms with Gasteiger partial charge in [0.1, 0.15) is 5.75 Å². The number of ether oxygens (including phenoxy) is 1. The number of aromatic nitrogens is 4. The smallest absolute Gasteiger partial charge is 0.263 e. The van der Waals surface area contributed by atoms with Gasteiger partial charge in [0.2, 0.25) is 5.91 Å². The number of nitrogens with zero attached hydrogens (tertiary/aromatic N) is 3. The first-order valence-corrected chi connectivity index (χ1v) is 13.9. The molecule has 2 heterocycles. The molecule has 0 radical (unpaired) electrons. The van der Waals surface area contributed by atoms with Gasteiger partial charge in [-0.2, -0.15) is 0 Å². The molecule has 204 valence electrons. The minimum Gasteiger partial charge on any atom is -0.497 e. The Morgan fingerprint density at radius 2 is 1.77 bits per heavy atom. The summed E-state index contributed by atoms with van der Waals surface area (Å²) in [6.07, 6.45) is 3.77. The first-order chi connectivity index (χ1) is 19.2. The highest BCUT2D eigenvalue weighted by molar-refractivity contribution is 7.92. The van der Waals surface area contributed by atoms with E-state index in [1.54, 1.807) is 48.7 Å². The van der Waals surface area contributed by atoms with Gasteiger partial charge in [0.05, 0.1) is 40.1 Å². The number of para-hydroxylation sites is 2. The molecule has 13 heteroatoms. The molecule has 1 amide bonds. The highest BCUT2D eigenvalue weighted by Crippen LogP contribution is 2.33. The number of rotatable bonds is 10. The number of nitrogens with one attached hydrogen (secondary N) is 3. The maximum Gasteiger partial charge on any atom is 0.263 e. The first-order valence-electron chi connectivity index (χ1n) is 12.0. The number of carbonyl (C=O) groups is 1. The second kappa shape index (κ2) is 11.2. The number of methoxy groups -OCH3 is 1. The van der Waals surface area contributed by atoms with Crippen molar-refractivity contribution in [2.45, 2.75) is 17.7 Å². The van der Waals surface area contributed by atoms with Crippen molar-refractivity contribution in [2.24, 2.45) is 5.73 Å². The van der Waals surface area contributed by atoms with Crippen LogP contribution < -0.4 is 20.5 Å². The van der Waals surface area contributed by atoms with Crippen LogP contribution in [0.5, 0.6) is 5.75 Å². The molecule has 0 spiro atoms. The Kier molecular flexibility index (Phi) is 7.54. The summed E-state index contributed by atoms with van der Waals surface area (Å²) in [5.41, 5.74) is 8.19. The largest absolute Gasteiger partial charge is 0.497 e. The van der Waals surface area contributed by atoms with Gasteiger partial charge in [-0.1, -0.05) is 29.8 Å². The number of aryl methyl sites for hydroxylation is 1. The zero-order valence-corrected chi connectivity index (χ0v) is 22.8. The number of nitrogens with two attached hydrogens (primary N) is 1. The van der Waals surface area contributed by atoms with E-state index in [4.69, 9.17) is 22.1 Å². The van der Waals surface area contributed by atoms with E-state index in [2.05, 4.69) is 30.0 Å². The van der Waals surface area contributed by atoms with Gasteiger partial charge in [-0.25, -0.2) is 23.4 Å². The summed E-state index contributed by atoms with van der Waals surface area (Å²) in [5, 5.41) is 3.43. The van der Waals surface area contributed by atoms with Gasteiger partial charge in [0.15, 0.2) is 11.6 Å². The fraction of sp³-hybridized carbons (Fsp3) is 0.111.